The van der Waals surface area contributed by atoms with Gasteiger partial charge in [0.25, 0.3) is 11.7 Å². The average molecular weight is 384 g/mol. The minimum atomic E-state index is -0.761. The lowest BCUT2D eigenvalue weighted by Crippen LogP contribution is -2.32. The second-order valence-electron chi connectivity index (χ2n) is 6.90. The van der Waals surface area contributed by atoms with Gasteiger partial charge in [0.05, 0.1) is 18.9 Å². The Hall–Kier alpha value is -3.06. The Bertz CT molecular complexity index is 886. The molecule has 7 heteroatoms. The van der Waals surface area contributed by atoms with Crippen LogP contribution >= 0.6 is 0 Å². The summed E-state index contributed by atoms with van der Waals surface area (Å²) in [7, 11) is 5.41. The van der Waals surface area contributed by atoms with Crippen molar-refractivity contribution >= 4 is 17.4 Å². The molecule has 148 valence electrons. The summed E-state index contributed by atoms with van der Waals surface area (Å²) in [6, 6.07) is 9.37. The van der Waals surface area contributed by atoms with E-state index in [-0.39, 0.29) is 11.3 Å². The molecule has 28 heavy (non-hydrogen) atoms. The third-order valence-corrected chi connectivity index (χ3v) is 4.70. The van der Waals surface area contributed by atoms with Gasteiger partial charge in [-0.2, -0.15) is 0 Å². The molecule has 1 saturated heterocycles. The Morgan fingerprint density at radius 3 is 2.68 bits per heavy atom. The normalized spacial score (nSPS) is 18.9. The van der Waals surface area contributed by atoms with Gasteiger partial charge in [-0.25, -0.2) is 0 Å². The number of benzene rings is 1. The molecule has 1 N–H and O–H groups in total. The van der Waals surface area contributed by atoms with Gasteiger partial charge in [-0.3, -0.25) is 9.59 Å². The molecular formula is C21H24N2O5. The zero-order valence-corrected chi connectivity index (χ0v) is 16.2. The number of Topliss-reactive ketones (excluding diaryl/α,β-unsaturated/α-hetero) is 1. The summed E-state index contributed by atoms with van der Waals surface area (Å²) < 4.78 is 10.7. The predicted octanol–water partition coefficient (Wildman–Crippen LogP) is 2.66. The van der Waals surface area contributed by atoms with Gasteiger partial charge in [-0.15, -0.1) is 0 Å². The number of amides is 1. The lowest BCUT2D eigenvalue weighted by molar-refractivity contribution is -0.140. The lowest BCUT2D eigenvalue weighted by Gasteiger charge is -2.24. The molecule has 1 aromatic heterocycles. The highest BCUT2D eigenvalue weighted by Gasteiger charge is 2.47. The Balaban J connectivity index is 2.04. The van der Waals surface area contributed by atoms with Gasteiger partial charge >= 0.3 is 0 Å². The molecule has 0 bridgehead atoms. The van der Waals surface area contributed by atoms with Crippen LogP contribution in [0.3, 0.4) is 0 Å². The van der Waals surface area contributed by atoms with Crippen molar-refractivity contribution in [1.29, 1.82) is 0 Å². The molecule has 1 atom stereocenters. The average Bonchev–Trinajstić information content (AvgIpc) is 3.29. The van der Waals surface area contributed by atoms with Gasteiger partial charge in [0.15, 0.2) is 0 Å². The molecule has 0 spiro atoms. The fourth-order valence-corrected chi connectivity index (χ4v) is 3.34. The van der Waals surface area contributed by atoms with Crippen LogP contribution in [0.15, 0.2) is 52.7 Å². The Morgan fingerprint density at radius 1 is 1.25 bits per heavy atom. The van der Waals surface area contributed by atoms with Crippen molar-refractivity contribution in [3.8, 4) is 5.75 Å². The van der Waals surface area contributed by atoms with Gasteiger partial charge < -0.3 is 24.1 Å². The summed E-state index contributed by atoms with van der Waals surface area (Å²) in [5, 5.41) is 10.9. The number of likely N-dealkylation sites (tertiary alicyclic amines) is 1. The van der Waals surface area contributed by atoms with Crippen LogP contribution in [0, 0.1) is 0 Å². The SMILES string of the molecule is COc1cccc(C(O)=C2C(=O)C(=O)N(CCCN(C)C)[C@@H]2c2ccco2)c1. The number of hydrogen-bond donors (Lipinski definition) is 1. The molecule has 1 amide bonds. The number of rotatable bonds is 7. The molecule has 1 aromatic carbocycles. The maximum Gasteiger partial charge on any atom is 0.295 e. The molecule has 0 unspecified atom stereocenters. The quantitative estimate of drug-likeness (QED) is 0.449. The number of aliphatic hydroxyl groups is 1. The minimum Gasteiger partial charge on any atom is -0.507 e. The zero-order chi connectivity index (χ0) is 20.3. The zero-order valence-electron chi connectivity index (χ0n) is 16.2. The van der Waals surface area contributed by atoms with Crippen molar-refractivity contribution in [2.24, 2.45) is 0 Å². The van der Waals surface area contributed by atoms with E-state index in [4.69, 9.17) is 9.15 Å². The molecule has 1 aliphatic rings. The first kappa shape index (κ1) is 19.7. The van der Waals surface area contributed by atoms with Crippen LogP contribution in [0.1, 0.15) is 23.8 Å². The van der Waals surface area contributed by atoms with Crippen molar-refractivity contribution in [3.63, 3.8) is 0 Å². The second-order valence-corrected chi connectivity index (χ2v) is 6.90. The molecule has 7 nitrogen and oxygen atoms in total. The standard InChI is InChI=1S/C21H24N2O5/c1-22(2)10-6-11-23-18(16-9-5-12-28-16)17(20(25)21(23)26)19(24)14-7-4-8-15(13-14)27-3/h4-5,7-9,12-13,18,24H,6,10-11H2,1-3H3/t18-/m1/s1. The van der Waals surface area contributed by atoms with E-state index in [2.05, 4.69) is 0 Å². The number of ether oxygens (including phenoxy) is 1. The van der Waals surface area contributed by atoms with E-state index in [1.165, 1.54) is 18.3 Å². The summed E-state index contributed by atoms with van der Waals surface area (Å²) in [6.45, 7) is 1.15. The van der Waals surface area contributed by atoms with E-state index >= 15 is 0 Å². The van der Waals surface area contributed by atoms with E-state index in [1.807, 2.05) is 19.0 Å². The molecule has 0 radical (unpaired) electrons. The van der Waals surface area contributed by atoms with Gasteiger partial charge in [-0.1, -0.05) is 12.1 Å². The molecular weight excluding hydrogens is 360 g/mol. The largest absolute Gasteiger partial charge is 0.507 e. The topological polar surface area (TPSA) is 83.2 Å². The van der Waals surface area contributed by atoms with Crippen molar-refractivity contribution < 1.29 is 23.8 Å². The monoisotopic (exact) mass is 384 g/mol. The number of furan rings is 1. The molecule has 0 aliphatic carbocycles. The van der Waals surface area contributed by atoms with Gasteiger partial charge in [0.2, 0.25) is 0 Å². The highest BCUT2D eigenvalue weighted by molar-refractivity contribution is 6.46. The number of aliphatic hydroxyl groups excluding tert-OH is 1. The Morgan fingerprint density at radius 2 is 2.04 bits per heavy atom. The minimum absolute atomic E-state index is 0.0260. The van der Waals surface area contributed by atoms with Crippen molar-refractivity contribution in [2.75, 3.05) is 34.3 Å². The van der Waals surface area contributed by atoms with E-state index in [0.717, 1.165) is 6.54 Å². The first-order valence-corrected chi connectivity index (χ1v) is 9.05. The van der Waals surface area contributed by atoms with Gasteiger partial charge in [0, 0.05) is 12.1 Å². The first-order valence-electron chi connectivity index (χ1n) is 9.05. The highest BCUT2D eigenvalue weighted by Crippen LogP contribution is 2.39. The van der Waals surface area contributed by atoms with Crippen LogP contribution in [-0.4, -0.2) is 60.9 Å². The van der Waals surface area contributed by atoms with Crippen LogP contribution in [0.25, 0.3) is 5.76 Å². The first-order chi connectivity index (χ1) is 13.4. The van der Waals surface area contributed by atoms with E-state index in [9.17, 15) is 14.7 Å². The molecule has 2 heterocycles. The fourth-order valence-electron chi connectivity index (χ4n) is 3.34. The number of ketones is 1. The second kappa shape index (κ2) is 8.31. The van der Waals surface area contributed by atoms with Crippen molar-refractivity contribution in [2.45, 2.75) is 12.5 Å². The molecule has 3 rings (SSSR count). The van der Waals surface area contributed by atoms with Crippen LogP contribution in [0.2, 0.25) is 0 Å². The van der Waals surface area contributed by atoms with E-state index in [0.29, 0.717) is 30.0 Å². The molecule has 1 fully saturated rings. The Labute approximate surface area is 163 Å². The summed E-state index contributed by atoms with van der Waals surface area (Å²) >= 11 is 0. The number of methoxy groups -OCH3 is 1. The van der Waals surface area contributed by atoms with Crippen molar-refractivity contribution in [1.82, 2.24) is 9.80 Å². The Kier molecular flexibility index (Phi) is 5.84. The number of carbonyl (C=O) groups is 2. The molecule has 0 saturated carbocycles. The smallest absolute Gasteiger partial charge is 0.295 e. The third kappa shape index (κ3) is 3.80. The molecule has 1 aliphatic heterocycles. The van der Waals surface area contributed by atoms with Crippen LogP contribution in [-0.2, 0) is 9.59 Å². The van der Waals surface area contributed by atoms with Crippen LogP contribution in [0.4, 0.5) is 0 Å². The van der Waals surface area contributed by atoms with Gasteiger partial charge in [0.1, 0.15) is 23.3 Å². The highest BCUT2D eigenvalue weighted by atomic mass is 16.5. The van der Waals surface area contributed by atoms with Crippen LogP contribution < -0.4 is 4.74 Å². The fraction of sp³-hybridized carbons (Fsp3) is 0.333. The summed E-state index contributed by atoms with van der Waals surface area (Å²) in [5.41, 5.74) is 0.431. The summed E-state index contributed by atoms with van der Waals surface area (Å²) in [6.07, 6.45) is 2.18. The number of carbonyl (C=O) groups excluding carboxylic acids is 2. The van der Waals surface area contributed by atoms with E-state index < -0.39 is 17.7 Å². The maximum absolute atomic E-state index is 12.8. The van der Waals surface area contributed by atoms with Crippen LogP contribution in [0.5, 0.6) is 5.75 Å². The van der Waals surface area contributed by atoms with Crippen molar-refractivity contribution in [3.05, 3.63) is 59.6 Å². The summed E-state index contributed by atoms with van der Waals surface area (Å²) in [4.78, 5) is 29.0. The lowest BCUT2D eigenvalue weighted by atomic mass is 9.99. The van der Waals surface area contributed by atoms with E-state index in [1.54, 1.807) is 36.4 Å². The summed E-state index contributed by atoms with van der Waals surface area (Å²) in [5.74, 6) is -0.614. The number of hydrogen-bond acceptors (Lipinski definition) is 6. The number of nitrogens with zero attached hydrogens (tertiary/aromatic N) is 2. The van der Waals surface area contributed by atoms with Gasteiger partial charge in [-0.05, 0) is 51.3 Å². The maximum atomic E-state index is 12.8. The predicted molar refractivity (Wildman–Crippen MR) is 104 cm³/mol. The molecule has 2 aromatic rings. The third-order valence-electron chi connectivity index (χ3n) is 4.70.